The Morgan fingerprint density at radius 2 is 2.08 bits per heavy atom. The van der Waals surface area contributed by atoms with Gasteiger partial charge in [0.1, 0.15) is 0 Å². The predicted octanol–water partition coefficient (Wildman–Crippen LogP) is 2.43. The lowest BCUT2D eigenvalue weighted by atomic mass is 9.97. The quantitative estimate of drug-likeness (QED) is 0.914. The van der Waals surface area contributed by atoms with Crippen LogP contribution in [0.2, 0.25) is 5.02 Å². The van der Waals surface area contributed by atoms with Crippen molar-refractivity contribution in [2.45, 2.75) is 19.8 Å². The predicted molar refractivity (Wildman–Crippen MR) is 96.0 cm³/mol. The smallest absolute Gasteiger partial charge is 0.274 e. The van der Waals surface area contributed by atoms with Crippen molar-refractivity contribution in [1.29, 1.82) is 0 Å². The van der Waals surface area contributed by atoms with Gasteiger partial charge in [-0.05, 0) is 31.9 Å². The monoisotopic (exact) mass is 360 g/mol. The highest BCUT2D eigenvalue weighted by molar-refractivity contribution is 6.32. The summed E-state index contributed by atoms with van der Waals surface area (Å²) in [5.41, 5.74) is 1.91. The van der Waals surface area contributed by atoms with Gasteiger partial charge >= 0.3 is 0 Å². The van der Waals surface area contributed by atoms with Crippen molar-refractivity contribution in [3.63, 3.8) is 0 Å². The molecule has 2 heterocycles. The van der Waals surface area contributed by atoms with Gasteiger partial charge in [0.2, 0.25) is 5.91 Å². The van der Waals surface area contributed by atoms with Gasteiger partial charge in [-0.25, -0.2) is 4.68 Å². The van der Waals surface area contributed by atoms with Crippen LogP contribution in [0, 0.1) is 12.8 Å². The van der Waals surface area contributed by atoms with Crippen LogP contribution in [0.5, 0.6) is 0 Å². The number of piperidine rings is 1. The fourth-order valence-corrected chi connectivity index (χ4v) is 3.38. The Morgan fingerprint density at radius 1 is 1.32 bits per heavy atom. The molecule has 1 aliphatic heterocycles. The van der Waals surface area contributed by atoms with Crippen LogP contribution < -0.4 is 5.32 Å². The largest absolute Gasteiger partial charge is 0.359 e. The van der Waals surface area contributed by atoms with E-state index < -0.39 is 0 Å². The Balaban J connectivity index is 1.83. The third-order valence-electron chi connectivity index (χ3n) is 4.52. The molecule has 1 N–H and O–H groups in total. The maximum absolute atomic E-state index is 12.9. The van der Waals surface area contributed by atoms with Gasteiger partial charge in [-0.2, -0.15) is 5.10 Å². The van der Waals surface area contributed by atoms with Crippen LogP contribution >= 0.6 is 11.6 Å². The number of nitrogens with one attached hydrogen (secondary N) is 1. The topological polar surface area (TPSA) is 67.2 Å². The molecule has 2 amide bonds. The first-order chi connectivity index (χ1) is 12.0. The van der Waals surface area contributed by atoms with Gasteiger partial charge < -0.3 is 10.2 Å². The van der Waals surface area contributed by atoms with Crippen LogP contribution in [0.15, 0.2) is 30.5 Å². The van der Waals surface area contributed by atoms with Gasteiger partial charge in [0.15, 0.2) is 5.69 Å². The van der Waals surface area contributed by atoms with E-state index in [0.29, 0.717) is 23.8 Å². The Bertz CT molecular complexity index is 802. The van der Waals surface area contributed by atoms with Crippen molar-refractivity contribution in [1.82, 2.24) is 20.0 Å². The van der Waals surface area contributed by atoms with Gasteiger partial charge in [0.05, 0.1) is 16.6 Å². The van der Waals surface area contributed by atoms with E-state index in [1.807, 2.05) is 25.1 Å². The summed E-state index contributed by atoms with van der Waals surface area (Å²) in [6.07, 6.45) is 3.42. The van der Waals surface area contributed by atoms with Crippen LogP contribution in [0.4, 0.5) is 0 Å². The SMILES string of the molecule is CNC(=O)C1CCCN(C(=O)c2nn(-c3ccccc3Cl)cc2C)C1. The van der Waals surface area contributed by atoms with Crippen molar-refractivity contribution in [3.05, 3.63) is 46.7 Å². The molecule has 7 heteroatoms. The van der Waals surface area contributed by atoms with Crippen molar-refractivity contribution >= 4 is 23.4 Å². The van der Waals surface area contributed by atoms with Crippen LogP contribution in [0.3, 0.4) is 0 Å². The lowest BCUT2D eigenvalue weighted by Crippen LogP contribution is -2.45. The number of aryl methyl sites for hydroxylation is 1. The lowest BCUT2D eigenvalue weighted by molar-refractivity contribution is -0.125. The van der Waals surface area contributed by atoms with Crippen LogP contribution in [0.1, 0.15) is 28.9 Å². The molecule has 25 heavy (non-hydrogen) atoms. The highest BCUT2D eigenvalue weighted by Crippen LogP contribution is 2.23. The number of likely N-dealkylation sites (tertiary alicyclic amines) is 1. The van der Waals surface area contributed by atoms with Crippen LogP contribution in [-0.2, 0) is 4.79 Å². The first-order valence-electron chi connectivity index (χ1n) is 8.33. The number of hydrogen-bond acceptors (Lipinski definition) is 3. The lowest BCUT2D eigenvalue weighted by Gasteiger charge is -2.31. The Labute approximate surface area is 151 Å². The summed E-state index contributed by atoms with van der Waals surface area (Å²) in [6, 6.07) is 7.36. The Hall–Kier alpha value is -2.34. The van der Waals surface area contributed by atoms with E-state index >= 15 is 0 Å². The summed E-state index contributed by atoms with van der Waals surface area (Å²) in [7, 11) is 1.62. The van der Waals surface area contributed by atoms with Crippen LogP contribution in [-0.4, -0.2) is 46.6 Å². The van der Waals surface area contributed by atoms with E-state index in [-0.39, 0.29) is 17.7 Å². The van der Waals surface area contributed by atoms with Crippen molar-refractivity contribution in [2.24, 2.45) is 5.92 Å². The zero-order chi connectivity index (χ0) is 18.0. The molecule has 1 fully saturated rings. The fraction of sp³-hybridized carbons (Fsp3) is 0.389. The standard InChI is InChI=1S/C18H21ClN4O2/c1-12-10-23(15-8-4-3-7-14(15)19)21-16(12)18(25)22-9-5-6-13(11-22)17(24)20-2/h3-4,7-8,10,13H,5-6,9,11H2,1-2H3,(H,20,24). The summed E-state index contributed by atoms with van der Waals surface area (Å²) in [5, 5.41) is 7.68. The molecule has 3 rings (SSSR count). The minimum Gasteiger partial charge on any atom is -0.359 e. The first kappa shape index (κ1) is 17.5. The molecule has 0 radical (unpaired) electrons. The molecule has 132 valence electrons. The van der Waals surface area contributed by atoms with Gasteiger partial charge in [0, 0.05) is 31.9 Å². The van der Waals surface area contributed by atoms with E-state index in [2.05, 4.69) is 10.4 Å². The minimum atomic E-state index is -0.159. The van der Waals surface area contributed by atoms with Crippen molar-refractivity contribution in [3.8, 4) is 5.69 Å². The van der Waals surface area contributed by atoms with E-state index in [1.54, 1.807) is 28.9 Å². The number of aromatic nitrogens is 2. The Kier molecular flexibility index (Phi) is 5.08. The molecule has 0 aliphatic carbocycles. The number of hydrogen-bond donors (Lipinski definition) is 1. The van der Waals surface area contributed by atoms with Crippen molar-refractivity contribution < 1.29 is 9.59 Å². The third-order valence-corrected chi connectivity index (χ3v) is 4.84. The molecule has 1 aliphatic rings. The Morgan fingerprint density at radius 3 is 2.80 bits per heavy atom. The molecule has 2 aromatic rings. The number of halogens is 1. The molecule has 1 aromatic carbocycles. The normalized spacial score (nSPS) is 17.4. The summed E-state index contributed by atoms with van der Waals surface area (Å²) in [4.78, 5) is 26.5. The molecular weight excluding hydrogens is 340 g/mol. The van der Waals surface area contributed by atoms with E-state index in [4.69, 9.17) is 11.6 Å². The molecule has 0 saturated carbocycles. The molecule has 6 nitrogen and oxygen atoms in total. The maximum Gasteiger partial charge on any atom is 0.274 e. The molecule has 0 bridgehead atoms. The molecule has 1 aromatic heterocycles. The molecule has 1 unspecified atom stereocenters. The second-order valence-electron chi connectivity index (χ2n) is 6.26. The first-order valence-corrected chi connectivity index (χ1v) is 8.71. The van der Waals surface area contributed by atoms with E-state index in [9.17, 15) is 9.59 Å². The summed E-state index contributed by atoms with van der Waals surface area (Å²) < 4.78 is 1.63. The number of carbonyl (C=O) groups excluding carboxylic acids is 2. The highest BCUT2D eigenvalue weighted by Gasteiger charge is 2.30. The third kappa shape index (κ3) is 3.54. The number of rotatable bonds is 3. The van der Waals surface area contributed by atoms with E-state index in [0.717, 1.165) is 24.1 Å². The fourth-order valence-electron chi connectivity index (χ4n) is 3.16. The number of para-hydroxylation sites is 1. The number of nitrogens with zero attached hydrogens (tertiary/aromatic N) is 3. The average Bonchev–Trinajstić information content (AvgIpc) is 3.02. The maximum atomic E-state index is 12.9. The van der Waals surface area contributed by atoms with Gasteiger partial charge in [-0.3, -0.25) is 9.59 Å². The number of amides is 2. The van der Waals surface area contributed by atoms with Gasteiger partial charge in [-0.1, -0.05) is 23.7 Å². The van der Waals surface area contributed by atoms with E-state index in [1.165, 1.54) is 0 Å². The molecule has 1 atom stereocenters. The van der Waals surface area contributed by atoms with Crippen molar-refractivity contribution in [2.75, 3.05) is 20.1 Å². The second-order valence-corrected chi connectivity index (χ2v) is 6.67. The summed E-state index contributed by atoms with van der Waals surface area (Å²) in [6.45, 7) is 2.93. The summed E-state index contributed by atoms with van der Waals surface area (Å²) >= 11 is 6.22. The second kappa shape index (κ2) is 7.27. The molecule has 1 saturated heterocycles. The van der Waals surface area contributed by atoms with Gasteiger partial charge in [-0.15, -0.1) is 0 Å². The number of carbonyl (C=O) groups is 2. The zero-order valence-corrected chi connectivity index (χ0v) is 15.1. The van der Waals surface area contributed by atoms with Crippen LogP contribution in [0.25, 0.3) is 5.69 Å². The minimum absolute atomic E-state index is 0.0178. The highest BCUT2D eigenvalue weighted by atomic mass is 35.5. The zero-order valence-electron chi connectivity index (χ0n) is 14.3. The molecular formula is C18H21ClN4O2. The average molecular weight is 361 g/mol. The summed E-state index contributed by atoms with van der Waals surface area (Å²) in [5.74, 6) is -0.318. The van der Waals surface area contributed by atoms with Gasteiger partial charge in [0.25, 0.3) is 5.91 Å². The number of benzene rings is 1. The molecule has 0 spiro atoms.